The van der Waals surface area contributed by atoms with Gasteiger partial charge in [-0.15, -0.1) is 0 Å². The number of aliphatic imine (C=N–C) groups is 1. The third kappa shape index (κ3) is 2.01. The van der Waals surface area contributed by atoms with Crippen LogP contribution in [0.15, 0.2) is 32.8 Å². The number of methoxy groups -OCH3 is 1. The summed E-state index contributed by atoms with van der Waals surface area (Å²) in [5.41, 5.74) is 8.38. The number of benzene rings is 1. The molecule has 1 aromatic rings. The minimum absolute atomic E-state index is 0.0237. The van der Waals surface area contributed by atoms with Crippen LogP contribution in [0.1, 0.15) is 36.8 Å². The van der Waals surface area contributed by atoms with Gasteiger partial charge in [-0.1, -0.05) is 27.2 Å². The molecule has 4 aliphatic rings. The molecule has 26 heavy (non-hydrogen) atoms. The van der Waals surface area contributed by atoms with Crippen molar-refractivity contribution in [3.8, 4) is 0 Å². The molecule has 1 atom stereocenters. The quantitative estimate of drug-likeness (QED) is 0.760. The average molecular weight is 419 g/mol. The fraction of sp³-hybridized carbons (Fsp3) is 0.579. The van der Waals surface area contributed by atoms with Gasteiger partial charge in [-0.25, -0.2) is 4.99 Å². The lowest BCUT2D eigenvalue weighted by atomic mass is 9.61. The van der Waals surface area contributed by atoms with Crippen molar-refractivity contribution in [2.75, 3.05) is 20.3 Å². The number of nitrogens with zero attached hydrogens (tertiary/aromatic N) is 3. The molecule has 1 unspecified atom stereocenters. The largest absolute Gasteiger partial charge is 0.392 e. The van der Waals surface area contributed by atoms with Crippen molar-refractivity contribution in [2.24, 2.45) is 21.3 Å². The van der Waals surface area contributed by atoms with Crippen molar-refractivity contribution < 1.29 is 9.57 Å². The molecule has 2 heterocycles. The van der Waals surface area contributed by atoms with Gasteiger partial charge in [-0.2, -0.15) is 0 Å². The minimum atomic E-state index is -0.546. The summed E-state index contributed by atoms with van der Waals surface area (Å²) in [6, 6.07) is 6.53. The number of hydrogen-bond donors (Lipinski definition) is 1. The highest BCUT2D eigenvalue weighted by atomic mass is 79.9. The summed E-state index contributed by atoms with van der Waals surface area (Å²) in [4.78, 5) is 12.7. The lowest BCUT2D eigenvalue weighted by Crippen LogP contribution is -2.53. The van der Waals surface area contributed by atoms with E-state index in [-0.39, 0.29) is 5.41 Å². The van der Waals surface area contributed by atoms with Gasteiger partial charge in [-0.3, -0.25) is 4.90 Å². The fourth-order valence-electron chi connectivity index (χ4n) is 5.43. The summed E-state index contributed by atoms with van der Waals surface area (Å²) in [5, 5.41) is 4.50. The molecule has 1 saturated carbocycles. The second-order valence-electron chi connectivity index (χ2n) is 7.77. The standard InChI is InChI=1S/C19H23BrN4O2/c1-25-14-4-6-18(7-5-14)11-12-2-3-13(20)10-15(12)19(18)16-23-26-9-8-24(16)17(21)22-19/h2-3,10,14H,4-9,11H2,1H3,(H2,21,22). The van der Waals surface area contributed by atoms with Crippen LogP contribution in [0, 0.1) is 5.41 Å². The van der Waals surface area contributed by atoms with Crippen molar-refractivity contribution in [1.82, 2.24) is 4.90 Å². The van der Waals surface area contributed by atoms with Crippen LogP contribution < -0.4 is 5.73 Å². The molecule has 6 nitrogen and oxygen atoms in total. The number of oxime groups is 1. The lowest BCUT2D eigenvalue weighted by Gasteiger charge is -2.46. The predicted octanol–water partition coefficient (Wildman–Crippen LogP) is 2.75. The van der Waals surface area contributed by atoms with Gasteiger partial charge in [0.2, 0.25) is 0 Å². The molecule has 2 N–H and O–H groups in total. The van der Waals surface area contributed by atoms with Crippen LogP contribution in [-0.2, 0) is 21.5 Å². The van der Waals surface area contributed by atoms with Crippen LogP contribution in [0.4, 0.5) is 0 Å². The minimum Gasteiger partial charge on any atom is -0.392 e. The Morgan fingerprint density at radius 1 is 1.35 bits per heavy atom. The number of ether oxygens (including phenoxy) is 1. The van der Waals surface area contributed by atoms with E-state index >= 15 is 0 Å². The third-order valence-corrected chi connectivity index (χ3v) is 7.17. The van der Waals surface area contributed by atoms with E-state index in [0.29, 0.717) is 25.2 Å². The van der Waals surface area contributed by atoms with Crippen LogP contribution in [0.5, 0.6) is 0 Å². The first-order valence-electron chi connectivity index (χ1n) is 9.25. The Morgan fingerprint density at radius 2 is 2.15 bits per heavy atom. The number of nitrogens with two attached hydrogens (primary N) is 1. The number of guanidine groups is 1. The zero-order valence-electron chi connectivity index (χ0n) is 14.9. The lowest BCUT2D eigenvalue weighted by molar-refractivity contribution is 0.00907. The molecule has 0 bridgehead atoms. The van der Waals surface area contributed by atoms with Gasteiger partial charge in [0, 0.05) is 17.0 Å². The zero-order chi connectivity index (χ0) is 17.9. The number of halogens is 1. The van der Waals surface area contributed by atoms with E-state index in [4.69, 9.17) is 20.3 Å². The van der Waals surface area contributed by atoms with Crippen LogP contribution in [0.3, 0.4) is 0 Å². The number of rotatable bonds is 1. The van der Waals surface area contributed by atoms with Gasteiger partial charge < -0.3 is 15.3 Å². The molecule has 2 spiro atoms. The van der Waals surface area contributed by atoms with Crippen LogP contribution in [0.2, 0.25) is 0 Å². The van der Waals surface area contributed by atoms with Crippen molar-refractivity contribution in [2.45, 2.75) is 43.7 Å². The smallest absolute Gasteiger partial charge is 0.198 e. The van der Waals surface area contributed by atoms with E-state index in [1.165, 1.54) is 11.1 Å². The number of hydrogen-bond acceptors (Lipinski definition) is 6. The van der Waals surface area contributed by atoms with Gasteiger partial charge in [-0.05, 0) is 55.4 Å². The molecule has 1 fully saturated rings. The maximum Gasteiger partial charge on any atom is 0.198 e. The first-order valence-corrected chi connectivity index (χ1v) is 10.0. The summed E-state index contributed by atoms with van der Waals surface area (Å²) in [5.74, 6) is 1.43. The fourth-order valence-corrected chi connectivity index (χ4v) is 5.79. The van der Waals surface area contributed by atoms with Crippen molar-refractivity contribution >= 4 is 27.7 Å². The monoisotopic (exact) mass is 418 g/mol. The molecular weight excluding hydrogens is 396 g/mol. The normalized spacial score (nSPS) is 35.2. The number of amidine groups is 1. The molecule has 2 aliphatic carbocycles. The van der Waals surface area contributed by atoms with Crippen LogP contribution in [-0.4, -0.2) is 43.1 Å². The Morgan fingerprint density at radius 3 is 2.92 bits per heavy atom. The molecule has 0 saturated heterocycles. The van der Waals surface area contributed by atoms with Gasteiger partial charge in [0.15, 0.2) is 17.3 Å². The van der Waals surface area contributed by atoms with Gasteiger partial charge in [0.25, 0.3) is 0 Å². The Labute approximate surface area is 161 Å². The molecule has 5 rings (SSSR count). The second-order valence-corrected chi connectivity index (χ2v) is 8.69. The van der Waals surface area contributed by atoms with Crippen molar-refractivity contribution in [1.29, 1.82) is 0 Å². The van der Waals surface area contributed by atoms with Crippen LogP contribution in [0.25, 0.3) is 0 Å². The van der Waals surface area contributed by atoms with E-state index in [1.807, 2.05) is 12.0 Å². The predicted molar refractivity (Wildman–Crippen MR) is 103 cm³/mol. The maximum absolute atomic E-state index is 6.39. The topological polar surface area (TPSA) is 72.4 Å². The highest BCUT2D eigenvalue weighted by Gasteiger charge is 2.66. The van der Waals surface area contributed by atoms with E-state index in [1.54, 1.807) is 0 Å². The second kappa shape index (κ2) is 5.70. The Balaban J connectivity index is 1.71. The van der Waals surface area contributed by atoms with E-state index in [0.717, 1.165) is 42.4 Å². The van der Waals surface area contributed by atoms with Gasteiger partial charge in [0.1, 0.15) is 6.61 Å². The van der Waals surface area contributed by atoms with Gasteiger partial charge in [0.05, 0.1) is 12.6 Å². The van der Waals surface area contributed by atoms with Gasteiger partial charge >= 0.3 is 0 Å². The first kappa shape index (κ1) is 16.6. The molecule has 7 heteroatoms. The zero-order valence-corrected chi connectivity index (χ0v) is 16.5. The molecule has 0 radical (unpaired) electrons. The molecule has 2 aliphatic heterocycles. The van der Waals surface area contributed by atoms with Crippen LogP contribution >= 0.6 is 15.9 Å². The van der Waals surface area contributed by atoms with E-state index < -0.39 is 5.54 Å². The highest BCUT2D eigenvalue weighted by Crippen LogP contribution is 2.62. The molecule has 138 valence electrons. The molecule has 0 aromatic heterocycles. The molecule has 0 amide bonds. The maximum atomic E-state index is 6.39. The first-order chi connectivity index (χ1) is 12.6. The average Bonchev–Trinajstić information content (AvgIpc) is 3.11. The summed E-state index contributed by atoms with van der Waals surface area (Å²) >= 11 is 3.65. The SMILES string of the molecule is COC1CCC2(CC1)Cc1ccc(Br)cc1C21N=C(N)N2CCON=C21. The van der Waals surface area contributed by atoms with E-state index in [9.17, 15) is 0 Å². The highest BCUT2D eigenvalue weighted by molar-refractivity contribution is 9.10. The van der Waals surface area contributed by atoms with Crippen molar-refractivity contribution in [3.05, 3.63) is 33.8 Å². The van der Waals surface area contributed by atoms with Crippen molar-refractivity contribution in [3.63, 3.8) is 0 Å². The summed E-state index contributed by atoms with van der Waals surface area (Å²) in [7, 11) is 1.81. The van der Waals surface area contributed by atoms with E-state index in [2.05, 4.69) is 39.3 Å². The number of fused-ring (bicyclic) bond motifs is 5. The summed E-state index contributed by atoms with van der Waals surface area (Å²) in [6.07, 6.45) is 5.49. The molecule has 1 aromatic carbocycles. The summed E-state index contributed by atoms with van der Waals surface area (Å²) in [6.45, 7) is 1.25. The Kier molecular flexibility index (Phi) is 3.63. The summed E-state index contributed by atoms with van der Waals surface area (Å²) < 4.78 is 6.69. The molecular formula is C19H23BrN4O2. The Hall–Kier alpha value is -1.60. The third-order valence-electron chi connectivity index (χ3n) is 6.68. The Bertz CT molecular complexity index is 816.